The number of ether oxygens (including phenoxy) is 2. The largest absolute Gasteiger partial charge is 0.492 e. The molecule has 8 nitrogen and oxygen atoms in total. The highest BCUT2D eigenvalue weighted by Crippen LogP contribution is 2.34. The quantitative estimate of drug-likeness (QED) is 0.657. The lowest BCUT2D eigenvalue weighted by molar-refractivity contribution is 0.331. The summed E-state index contributed by atoms with van der Waals surface area (Å²) in [5, 5.41) is 0. The molecule has 0 spiro atoms. The van der Waals surface area contributed by atoms with Crippen LogP contribution in [0.15, 0.2) is 47.4 Å². The van der Waals surface area contributed by atoms with Crippen molar-refractivity contribution in [3.8, 4) is 11.5 Å². The summed E-state index contributed by atoms with van der Waals surface area (Å²) in [6, 6.07) is 11.1. The van der Waals surface area contributed by atoms with Crippen molar-refractivity contribution in [1.82, 2.24) is 0 Å². The summed E-state index contributed by atoms with van der Waals surface area (Å²) in [5.41, 5.74) is 0.592. The molecule has 0 aliphatic carbocycles. The molecule has 0 bridgehead atoms. The van der Waals surface area contributed by atoms with Gasteiger partial charge in [-0.3, -0.25) is 9.03 Å². The zero-order valence-electron chi connectivity index (χ0n) is 17.0. The minimum atomic E-state index is -4.08. The maximum atomic E-state index is 13.2. The molecule has 10 heteroatoms. The van der Waals surface area contributed by atoms with Gasteiger partial charge in [0.05, 0.1) is 30.3 Å². The number of hydrogen-bond acceptors (Lipinski definition) is 6. The maximum absolute atomic E-state index is 13.2. The third-order valence-corrected chi connectivity index (χ3v) is 7.84. The molecule has 0 radical (unpaired) electrons. The summed E-state index contributed by atoms with van der Waals surface area (Å²) >= 11 is 0. The molecule has 164 valence electrons. The van der Waals surface area contributed by atoms with Gasteiger partial charge in [-0.1, -0.05) is 12.1 Å². The van der Waals surface area contributed by atoms with Crippen molar-refractivity contribution >= 4 is 31.4 Å². The third kappa shape index (κ3) is 4.81. The molecule has 0 unspecified atom stereocenters. The van der Waals surface area contributed by atoms with E-state index in [1.165, 1.54) is 16.4 Å². The molecular formula is C20H26N2O6S2. The van der Waals surface area contributed by atoms with Crippen LogP contribution in [0.5, 0.6) is 11.5 Å². The fourth-order valence-electron chi connectivity index (χ4n) is 3.25. The number of para-hydroxylation sites is 2. The van der Waals surface area contributed by atoms with Crippen molar-refractivity contribution in [2.75, 3.05) is 34.5 Å². The second-order valence-corrected chi connectivity index (χ2v) is 10.4. The number of benzene rings is 2. The summed E-state index contributed by atoms with van der Waals surface area (Å²) in [6.45, 7) is 4.51. The number of nitrogens with zero attached hydrogens (tertiary/aromatic N) is 1. The number of hydrogen-bond donors (Lipinski definition) is 1. The van der Waals surface area contributed by atoms with Crippen LogP contribution in [0.3, 0.4) is 0 Å². The molecule has 1 fully saturated rings. The molecule has 2 aromatic rings. The Labute approximate surface area is 177 Å². The van der Waals surface area contributed by atoms with Crippen LogP contribution in [0.4, 0.5) is 11.4 Å². The SMILES string of the molecule is CCOc1ccccc1NS(=O)(=O)c1cc(N2CCCCS2(=O)=O)ccc1OCC. The van der Waals surface area contributed by atoms with E-state index in [0.717, 1.165) is 0 Å². The Balaban J connectivity index is 2.04. The van der Waals surface area contributed by atoms with Gasteiger partial charge in [0.25, 0.3) is 10.0 Å². The van der Waals surface area contributed by atoms with E-state index >= 15 is 0 Å². The first kappa shape index (κ1) is 22.2. The van der Waals surface area contributed by atoms with Crippen molar-refractivity contribution < 1.29 is 26.3 Å². The Morgan fingerprint density at radius 3 is 2.40 bits per heavy atom. The maximum Gasteiger partial charge on any atom is 0.265 e. The average Bonchev–Trinajstić information content (AvgIpc) is 2.70. The number of anilines is 2. The Morgan fingerprint density at radius 2 is 1.70 bits per heavy atom. The molecule has 1 saturated heterocycles. The lowest BCUT2D eigenvalue weighted by Crippen LogP contribution is -2.37. The molecule has 0 amide bonds. The van der Waals surface area contributed by atoms with Gasteiger partial charge in [0, 0.05) is 6.54 Å². The van der Waals surface area contributed by atoms with Crippen LogP contribution < -0.4 is 18.5 Å². The van der Waals surface area contributed by atoms with Gasteiger partial charge in [-0.25, -0.2) is 16.8 Å². The van der Waals surface area contributed by atoms with Crippen LogP contribution in [0.1, 0.15) is 26.7 Å². The van der Waals surface area contributed by atoms with Crippen molar-refractivity contribution in [3.05, 3.63) is 42.5 Å². The van der Waals surface area contributed by atoms with Gasteiger partial charge < -0.3 is 9.47 Å². The highest BCUT2D eigenvalue weighted by atomic mass is 32.2. The molecule has 3 rings (SSSR count). The molecule has 30 heavy (non-hydrogen) atoms. The monoisotopic (exact) mass is 454 g/mol. The molecule has 0 saturated carbocycles. The van der Waals surface area contributed by atoms with E-state index in [2.05, 4.69) is 4.72 Å². The lowest BCUT2D eigenvalue weighted by Gasteiger charge is -2.29. The predicted octanol–water partition coefficient (Wildman–Crippen LogP) is 3.21. The standard InChI is InChI=1S/C20H26N2O6S2/c1-3-27-18-10-6-5-9-17(18)21-30(25,26)20-15-16(11-12-19(20)28-4-2)22-13-7-8-14-29(22,23)24/h5-6,9-12,15,21H,3-4,7-8,13-14H2,1-2H3. The highest BCUT2D eigenvalue weighted by molar-refractivity contribution is 7.93. The van der Waals surface area contributed by atoms with Crippen LogP contribution in [0.25, 0.3) is 0 Å². The predicted molar refractivity (Wildman–Crippen MR) is 116 cm³/mol. The molecule has 2 aromatic carbocycles. The summed E-state index contributed by atoms with van der Waals surface area (Å²) in [6.07, 6.45) is 1.31. The zero-order valence-corrected chi connectivity index (χ0v) is 18.6. The lowest BCUT2D eigenvalue weighted by atomic mass is 10.2. The first-order valence-corrected chi connectivity index (χ1v) is 12.9. The molecule has 1 aliphatic rings. The van der Waals surface area contributed by atoms with Crippen LogP contribution >= 0.6 is 0 Å². The Morgan fingerprint density at radius 1 is 1.00 bits per heavy atom. The van der Waals surface area contributed by atoms with Crippen LogP contribution in [-0.2, 0) is 20.0 Å². The second-order valence-electron chi connectivity index (χ2n) is 6.69. The number of nitrogens with one attached hydrogen (secondary N) is 1. The molecule has 1 heterocycles. The Kier molecular flexibility index (Phi) is 6.77. The fourth-order valence-corrected chi connectivity index (χ4v) is 6.11. The second kappa shape index (κ2) is 9.13. The molecule has 1 aliphatic heterocycles. The van der Waals surface area contributed by atoms with E-state index in [4.69, 9.17) is 9.47 Å². The van der Waals surface area contributed by atoms with E-state index in [9.17, 15) is 16.8 Å². The van der Waals surface area contributed by atoms with Gasteiger partial charge >= 0.3 is 0 Å². The fraction of sp³-hybridized carbons (Fsp3) is 0.400. The summed E-state index contributed by atoms with van der Waals surface area (Å²) in [5.74, 6) is 0.593. The summed E-state index contributed by atoms with van der Waals surface area (Å²) < 4.78 is 66.2. The minimum absolute atomic E-state index is 0.0439. The zero-order chi connectivity index (χ0) is 21.8. The van der Waals surface area contributed by atoms with Crippen LogP contribution in [0, 0.1) is 0 Å². The Hall–Kier alpha value is -2.46. The van der Waals surface area contributed by atoms with Crippen molar-refractivity contribution in [2.45, 2.75) is 31.6 Å². The van der Waals surface area contributed by atoms with Gasteiger partial charge in [0.2, 0.25) is 10.0 Å². The Bertz CT molecular complexity index is 1100. The van der Waals surface area contributed by atoms with Crippen LogP contribution in [0.2, 0.25) is 0 Å². The molecular weight excluding hydrogens is 428 g/mol. The first-order valence-electron chi connectivity index (χ1n) is 9.80. The topological polar surface area (TPSA) is 102 Å². The van der Waals surface area contributed by atoms with Crippen molar-refractivity contribution in [2.24, 2.45) is 0 Å². The average molecular weight is 455 g/mol. The third-order valence-electron chi connectivity index (χ3n) is 4.59. The van der Waals surface area contributed by atoms with E-state index < -0.39 is 20.0 Å². The van der Waals surface area contributed by atoms with E-state index in [0.29, 0.717) is 37.4 Å². The van der Waals surface area contributed by atoms with Gasteiger partial charge in [-0.2, -0.15) is 0 Å². The minimum Gasteiger partial charge on any atom is -0.492 e. The molecule has 0 atom stereocenters. The van der Waals surface area contributed by atoms with E-state index in [-0.39, 0.29) is 28.7 Å². The smallest absolute Gasteiger partial charge is 0.265 e. The van der Waals surface area contributed by atoms with Gasteiger partial charge in [-0.05, 0) is 57.0 Å². The van der Waals surface area contributed by atoms with Crippen molar-refractivity contribution in [1.29, 1.82) is 0 Å². The van der Waals surface area contributed by atoms with Gasteiger partial charge in [-0.15, -0.1) is 0 Å². The molecule has 0 aromatic heterocycles. The highest BCUT2D eigenvalue weighted by Gasteiger charge is 2.29. The van der Waals surface area contributed by atoms with Crippen LogP contribution in [-0.4, -0.2) is 42.3 Å². The number of rotatable bonds is 8. The molecule has 1 N–H and O–H groups in total. The normalized spacial score (nSPS) is 16.1. The van der Waals surface area contributed by atoms with E-state index in [1.54, 1.807) is 44.2 Å². The summed E-state index contributed by atoms with van der Waals surface area (Å²) in [7, 11) is -7.56. The van der Waals surface area contributed by atoms with Crippen molar-refractivity contribution in [3.63, 3.8) is 0 Å². The number of sulfonamides is 2. The van der Waals surface area contributed by atoms with Gasteiger partial charge in [0.15, 0.2) is 0 Å². The first-order chi connectivity index (χ1) is 14.3. The van der Waals surface area contributed by atoms with E-state index in [1.807, 2.05) is 0 Å². The summed E-state index contributed by atoms with van der Waals surface area (Å²) in [4.78, 5) is -0.131. The van der Waals surface area contributed by atoms with Gasteiger partial charge in [0.1, 0.15) is 16.4 Å².